The monoisotopic (exact) mass is 337 g/mol. The highest BCUT2D eigenvalue weighted by molar-refractivity contribution is 7.12. The summed E-state index contributed by atoms with van der Waals surface area (Å²) in [5.41, 5.74) is 2.64. The molecule has 0 fully saturated rings. The molecule has 24 heavy (non-hydrogen) atoms. The van der Waals surface area contributed by atoms with Crippen molar-refractivity contribution in [3.8, 4) is 0 Å². The first kappa shape index (κ1) is 15.9. The SMILES string of the molecule is Cc1ccsc1C(=O)Nc1cccc(NC(=O)c2cccnc2)c1. The Morgan fingerprint density at radius 1 is 1.00 bits per heavy atom. The lowest BCUT2D eigenvalue weighted by molar-refractivity contribution is 0.102. The molecule has 120 valence electrons. The molecule has 0 spiro atoms. The molecule has 2 aromatic heterocycles. The lowest BCUT2D eigenvalue weighted by Gasteiger charge is -2.08. The van der Waals surface area contributed by atoms with Crippen molar-refractivity contribution in [3.63, 3.8) is 0 Å². The molecule has 0 aliphatic rings. The quantitative estimate of drug-likeness (QED) is 0.757. The zero-order valence-corrected chi connectivity index (χ0v) is 13.8. The van der Waals surface area contributed by atoms with Crippen LogP contribution in [0.25, 0.3) is 0 Å². The first-order chi connectivity index (χ1) is 11.6. The van der Waals surface area contributed by atoms with Crippen molar-refractivity contribution in [2.75, 3.05) is 10.6 Å². The van der Waals surface area contributed by atoms with Crippen molar-refractivity contribution < 1.29 is 9.59 Å². The van der Waals surface area contributed by atoms with Gasteiger partial charge in [0.15, 0.2) is 0 Å². The topological polar surface area (TPSA) is 71.1 Å². The Kier molecular flexibility index (Phi) is 4.67. The molecule has 0 radical (unpaired) electrons. The molecule has 0 aliphatic carbocycles. The van der Waals surface area contributed by atoms with Gasteiger partial charge in [0.2, 0.25) is 0 Å². The summed E-state index contributed by atoms with van der Waals surface area (Å²) in [5.74, 6) is -0.404. The standard InChI is InChI=1S/C18H15N3O2S/c1-12-7-9-24-16(12)18(23)21-15-6-2-5-14(10-15)20-17(22)13-4-3-8-19-11-13/h2-11H,1H3,(H,20,22)(H,21,23). The van der Waals surface area contributed by atoms with Gasteiger partial charge < -0.3 is 10.6 Å². The van der Waals surface area contributed by atoms with E-state index in [0.29, 0.717) is 21.8 Å². The third kappa shape index (κ3) is 3.67. The van der Waals surface area contributed by atoms with E-state index in [2.05, 4.69) is 15.6 Å². The number of carbonyl (C=O) groups excluding carboxylic acids is 2. The van der Waals surface area contributed by atoms with E-state index in [1.54, 1.807) is 42.6 Å². The predicted octanol–water partition coefficient (Wildman–Crippen LogP) is 3.96. The van der Waals surface area contributed by atoms with Gasteiger partial charge in [-0.25, -0.2) is 0 Å². The number of thiophene rings is 1. The van der Waals surface area contributed by atoms with Gasteiger partial charge in [-0.3, -0.25) is 14.6 Å². The summed E-state index contributed by atoms with van der Waals surface area (Å²) < 4.78 is 0. The average Bonchev–Trinajstić information content (AvgIpc) is 3.02. The number of carbonyl (C=O) groups is 2. The van der Waals surface area contributed by atoms with E-state index in [-0.39, 0.29) is 11.8 Å². The number of pyridine rings is 1. The number of amides is 2. The van der Waals surface area contributed by atoms with Gasteiger partial charge in [0.05, 0.1) is 10.4 Å². The number of aryl methyl sites for hydroxylation is 1. The Balaban J connectivity index is 1.71. The fourth-order valence-electron chi connectivity index (χ4n) is 2.17. The normalized spacial score (nSPS) is 10.2. The number of hydrogen-bond donors (Lipinski definition) is 2. The zero-order chi connectivity index (χ0) is 16.9. The molecule has 0 aliphatic heterocycles. The molecular formula is C18H15N3O2S. The van der Waals surface area contributed by atoms with Gasteiger partial charge >= 0.3 is 0 Å². The van der Waals surface area contributed by atoms with Crippen molar-refractivity contribution in [2.24, 2.45) is 0 Å². The van der Waals surface area contributed by atoms with Crippen LogP contribution >= 0.6 is 11.3 Å². The fourth-order valence-corrected chi connectivity index (χ4v) is 2.99. The molecule has 0 saturated carbocycles. The van der Waals surface area contributed by atoms with Gasteiger partial charge in [-0.2, -0.15) is 0 Å². The Hall–Kier alpha value is -2.99. The van der Waals surface area contributed by atoms with Crippen molar-refractivity contribution in [3.05, 3.63) is 76.2 Å². The lowest BCUT2D eigenvalue weighted by Crippen LogP contribution is -2.13. The minimum absolute atomic E-state index is 0.154. The van der Waals surface area contributed by atoms with Gasteiger partial charge in [-0.15, -0.1) is 11.3 Å². The van der Waals surface area contributed by atoms with Crippen LogP contribution in [0.3, 0.4) is 0 Å². The summed E-state index contributed by atoms with van der Waals surface area (Å²) in [6, 6.07) is 12.3. The summed E-state index contributed by atoms with van der Waals surface area (Å²) in [6.07, 6.45) is 3.11. The van der Waals surface area contributed by atoms with Crippen LogP contribution in [0.15, 0.2) is 60.2 Å². The number of rotatable bonds is 4. The first-order valence-corrected chi connectivity index (χ1v) is 8.18. The van der Waals surface area contributed by atoms with Crippen LogP contribution in [0.5, 0.6) is 0 Å². The van der Waals surface area contributed by atoms with Gasteiger partial charge in [0.25, 0.3) is 11.8 Å². The number of nitrogens with one attached hydrogen (secondary N) is 2. The van der Waals surface area contributed by atoms with Crippen LogP contribution in [0, 0.1) is 6.92 Å². The number of anilines is 2. The highest BCUT2D eigenvalue weighted by atomic mass is 32.1. The molecule has 2 heterocycles. The lowest BCUT2D eigenvalue weighted by atomic mass is 10.2. The molecule has 2 N–H and O–H groups in total. The number of benzene rings is 1. The number of nitrogens with zero attached hydrogens (tertiary/aromatic N) is 1. The summed E-state index contributed by atoms with van der Waals surface area (Å²) in [7, 11) is 0. The minimum atomic E-state index is -0.249. The highest BCUT2D eigenvalue weighted by Gasteiger charge is 2.11. The molecule has 0 saturated heterocycles. The Bertz CT molecular complexity index is 875. The van der Waals surface area contributed by atoms with E-state index in [1.165, 1.54) is 17.5 Å². The summed E-state index contributed by atoms with van der Waals surface area (Å²) in [4.78, 5) is 29.0. The molecule has 3 aromatic rings. The van der Waals surface area contributed by atoms with Crippen molar-refractivity contribution in [1.82, 2.24) is 4.98 Å². The molecule has 0 bridgehead atoms. The molecule has 5 nitrogen and oxygen atoms in total. The zero-order valence-electron chi connectivity index (χ0n) is 12.9. The Labute approximate surface area is 143 Å². The fraction of sp³-hybridized carbons (Fsp3) is 0.0556. The van der Waals surface area contributed by atoms with Gasteiger partial charge in [-0.05, 0) is 54.3 Å². The molecule has 3 rings (SSSR count). The highest BCUT2D eigenvalue weighted by Crippen LogP contribution is 2.20. The summed E-state index contributed by atoms with van der Waals surface area (Å²) in [5, 5.41) is 7.52. The van der Waals surface area contributed by atoms with E-state index in [4.69, 9.17) is 0 Å². The van der Waals surface area contributed by atoms with Gasteiger partial charge in [-0.1, -0.05) is 6.07 Å². The molecule has 2 amide bonds. The maximum Gasteiger partial charge on any atom is 0.265 e. The predicted molar refractivity (Wildman–Crippen MR) is 95.6 cm³/mol. The average molecular weight is 337 g/mol. The van der Waals surface area contributed by atoms with Crippen LogP contribution in [0.4, 0.5) is 11.4 Å². The maximum atomic E-state index is 12.3. The minimum Gasteiger partial charge on any atom is -0.322 e. The van der Waals surface area contributed by atoms with Gasteiger partial charge in [0, 0.05) is 23.8 Å². The second-order valence-corrected chi connectivity index (χ2v) is 6.08. The van der Waals surface area contributed by atoms with Crippen LogP contribution in [-0.4, -0.2) is 16.8 Å². The molecular weight excluding hydrogens is 322 g/mol. The van der Waals surface area contributed by atoms with Crippen LogP contribution < -0.4 is 10.6 Å². The summed E-state index contributed by atoms with van der Waals surface area (Å²) in [6.45, 7) is 1.90. The number of hydrogen-bond acceptors (Lipinski definition) is 4. The van der Waals surface area contributed by atoms with E-state index in [1.807, 2.05) is 18.4 Å². The van der Waals surface area contributed by atoms with Gasteiger partial charge in [0.1, 0.15) is 0 Å². The molecule has 1 aromatic carbocycles. The molecule has 0 atom stereocenters. The van der Waals surface area contributed by atoms with E-state index < -0.39 is 0 Å². The van der Waals surface area contributed by atoms with E-state index >= 15 is 0 Å². The third-order valence-corrected chi connectivity index (χ3v) is 4.39. The molecule has 0 unspecified atom stereocenters. The Morgan fingerprint density at radius 2 is 1.75 bits per heavy atom. The van der Waals surface area contributed by atoms with Crippen molar-refractivity contribution >= 4 is 34.5 Å². The Morgan fingerprint density at radius 3 is 2.38 bits per heavy atom. The second-order valence-electron chi connectivity index (χ2n) is 5.16. The third-order valence-electron chi connectivity index (χ3n) is 3.37. The van der Waals surface area contributed by atoms with Crippen LogP contribution in [0.2, 0.25) is 0 Å². The smallest absolute Gasteiger partial charge is 0.265 e. The van der Waals surface area contributed by atoms with E-state index in [0.717, 1.165) is 5.56 Å². The van der Waals surface area contributed by atoms with Crippen molar-refractivity contribution in [2.45, 2.75) is 6.92 Å². The van der Waals surface area contributed by atoms with Crippen LogP contribution in [-0.2, 0) is 0 Å². The van der Waals surface area contributed by atoms with Crippen molar-refractivity contribution in [1.29, 1.82) is 0 Å². The second kappa shape index (κ2) is 7.06. The number of aromatic nitrogens is 1. The van der Waals surface area contributed by atoms with E-state index in [9.17, 15) is 9.59 Å². The summed E-state index contributed by atoms with van der Waals surface area (Å²) >= 11 is 1.40. The molecule has 6 heteroatoms. The maximum absolute atomic E-state index is 12.3. The first-order valence-electron chi connectivity index (χ1n) is 7.30. The van der Waals surface area contributed by atoms with Crippen LogP contribution in [0.1, 0.15) is 25.6 Å². The largest absolute Gasteiger partial charge is 0.322 e.